The molecule has 2 aromatic rings. The Balaban J connectivity index is 2.07. The first kappa shape index (κ1) is 15.1. The van der Waals surface area contributed by atoms with Crippen molar-refractivity contribution in [1.82, 2.24) is 0 Å². The average Bonchev–Trinajstić information content (AvgIpc) is 2.53. The Morgan fingerprint density at radius 3 is 2.18 bits per heavy atom. The minimum atomic E-state index is -0.579. The van der Waals surface area contributed by atoms with Crippen molar-refractivity contribution in [2.45, 2.75) is 0 Å². The summed E-state index contributed by atoms with van der Waals surface area (Å²) in [7, 11) is 0. The number of nitro benzene ring substituents is 2. The molecule has 0 heterocycles. The zero-order chi connectivity index (χ0) is 16.1. The van der Waals surface area contributed by atoms with E-state index in [-0.39, 0.29) is 29.3 Å². The van der Waals surface area contributed by atoms with Crippen LogP contribution in [0.15, 0.2) is 48.5 Å². The Kier molecular flexibility index (Phi) is 4.42. The molecule has 0 aliphatic carbocycles. The van der Waals surface area contributed by atoms with Crippen LogP contribution in [0.4, 0.5) is 17.1 Å². The number of Topliss-reactive ketones (excluding diaryl/α,β-unsaturated/α-hetero) is 1. The van der Waals surface area contributed by atoms with Crippen LogP contribution in [0.3, 0.4) is 0 Å². The first-order valence-electron chi connectivity index (χ1n) is 6.23. The Labute approximate surface area is 124 Å². The number of ketones is 1. The van der Waals surface area contributed by atoms with Crippen molar-refractivity contribution >= 4 is 22.8 Å². The van der Waals surface area contributed by atoms with Gasteiger partial charge in [-0.1, -0.05) is 18.2 Å². The zero-order valence-corrected chi connectivity index (χ0v) is 11.3. The number of nitro groups is 2. The number of non-ortho nitro benzene ring substituents is 2. The van der Waals surface area contributed by atoms with Crippen LogP contribution in [0.5, 0.6) is 0 Å². The van der Waals surface area contributed by atoms with Crippen LogP contribution in [-0.4, -0.2) is 22.2 Å². The lowest BCUT2D eigenvalue weighted by molar-refractivity contribution is -0.385. The SMILES string of the molecule is O=C(CNc1cccc([N+](=O)[O-])c1)c1cccc([N+](=O)[O-])c1. The summed E-state index contributed by atoms with van der Waals surface area (Å²) in [6.07, 6.45) is 0. The third-order valence-corrected chi connectivity index (χ3v) is 2.89. The van der Waals surface area contributed by atoms with Gasteiger partial charge in [0.1, 0.15) is 0 Å². The molecule has 0 atom stereocenters. The van der Waals surface area contributed by atoms with Crippen LogP contribution in [0.2, 0.25) is 0 Å². The molecule has 0 aromatic heterocycles. The van der Waals surface area contributed by atoms with Crippen molar-refractivity contribution in [2.75, 3.05) is 11.9 Å². The minimum Gasteiger partial charge on any atom is -0.377 e. The van der Waals surface area contributed by atoms with Gasteiger partial charge in [-0.3, -0.25) is 25.0 Å². The third-order valence-electron chi connectivity index (χ3n) is 2.89. The number of hydrogen-bond donors (Lipinski definition) is 1. The van der Waals surface area contributed by atoms with Crippen LogP contribution in [-0.2, 0) is 0 Å². The third kappa shape index (κ3) is 3.63. The van der Waals surface area contributed by atoms with Gasteiger partial charge >= 0.3 is 0 Å². The maximum absolute atomic E-state index is 12.0. The predicted molar refractivity (Wildman–Crippen MR) is 79.0 cm³/mol. The number of anilines is 1. The molecule has 0 saturated heterocycles. The van der Waals surface area contributed by atoms with E-state index in [4.69, 9.17) is 0 Å². The molecule has 2 rings (SSSR count). The highest BCUT2D eigenvalue weighted by Gasteiger charge is 2.12. The predicted octanol–water partition coefficient (Wildman–Crippen LogP) is 2.80. The second-order valence-corrected chi connectivity index (χ2v) is 4.39. The van der Waals surface area contributed by atoms with E-state index in [1.165, 1.54) is 42.5 Å². The lowest BCUT2D eigenvalue weighted by atomic mass is 10.1. The van der Waals surface area contributed by atoms with Crippen molar-refractivity contribution in [3.05, 3.63) is 74.3 Å². The second kappa shape index (κ2) is 6.44. The van der Waals surface area contributed by atoms with Gasteiger partial charge in [-0.25, -0.2) is 0 Å². The molecule has 0 aliphatic heterocycles. The molecule has 22 heavy (non-hydrogen) atoms. The Morgan fingerprint density at radius 2 is 1.55 bits per heavy atom. The van der Waals surface area contributed by atoms with Gasteiger partial charge in [0.2, 0.25) is 0 Å². The zero-order valence-electron chi connectivity index (χ0n) is 11.3. The minimum absolute atomic E-state index is 0.0900. The molecule has 1 N–H and O–H groups in total. The smallest absolute Gasteiger partial charge is 0.271 e. The van der Waals surface area contributed by atoms with Crippen molar-refractivity contribution < 1.29 is 14.6 Å². The molecule has 8 heteroatoms. The monoisotopic (exact) mass is 301 g/mol. The number of benzene rings is 2. The topological polar surface area (TPSA) is 115 Å². The van der Waals surface area contributed by atoms with Gasteiger partial charge in [0, 0.05) is 35.5 Å². The fraction of sp³-hybridized carbons (Fsp3) is 0.0714. The Morgan fingerprint density at radius 1 is 0.955 bits per heavy atom. The lowest BCUT2D eigenvalue weighted by Crippen LogP contribution is -2.14. The standard InChI is InChI=1S/C14H11N3O5/c18-14(10-3-1-5-12(7-10)16(19)20)9-15-11-4-2-6-13(8-11)17(21)22/h1-8,15H,9H2. The Bertz CT molecular complexity index is 745. The average molecular weight is 301 g/mol. The number of carbonyl (C=O) groups is 1. The van der Waals surface area contributed by atoms with Crippen molar-refractivity contribution in [3.8, 4) is 0 Å². The lowest BCUT2D eigenvalue weighted by Gasteiger charge is -2.05. The van der Waals surface area contributed by atoms with Gasteiger partial charge in [-0.15, -0.1) is 0 Å². The molecule has 0 spiro atoms. The van der Waals surface area contributed by atoms with E-state index in [2.05, 4.69) is 5.32 Å². The summed E-state index contributed by atoms with van der Waals surface area (Å²) in [4.78, 5) is 32.2. The van der Waals surface area contributed by atoms with Gasteiger partial charge in [0.05, 0.1) is 16.4 Å². The van der Waals surface area contributed by atoms with E-state index >= 15 is 0 Å². The number of rotatable bonds is 6. The van der Waals surface area contributed by atoms with Crippen LogP contribution in [0.25, 0.3) is 0 Å². The molecule has 0 unspecified atom stereocenters. The van der Waals surface area contributed by atoms with Crippen LogP contribution >= 0.6 is 0 Å². The van der Waals surface area contributed by atoms with Gasteiger partial charge in [-0.05, 0) is 6.07 Å². The van der Waals surface area contributed by atoms with Gasteiger partial charge in [0.15, 0.2) is 5.78 Å². The molecule has 0 fully saturated rings. The molecular formula is C14H11N3O5. The van der Waals surface area contributed by atoms with Crippen LogP contribution in [0, 0.1) is 20.2 Å². The highest BCUT2D eigenvalue weighted by atomic mass is 16.6. The highest BCUT2D eigenvalue weighted by molar-refractivity contribution is 5.99. The van der Waals surface area contributed by atoms with E-state index < -0.39 is 9.85 Å². The summed E-state index contributed by atoms with van der Waals surface area (Å²) in [5.41, 5.74) is 0.370. The second-order valence-electron chi connectivity index (χ2n) is 4.39. The maximum Gasteiger partial charge on any atom is 0.271 e. The van der Waals surface area contributed by atoms with E-state index in [9.17, 15) is 25.0 Å². The molecule has 0 aliphatic rings. The maximum atomic E-state index is 12.0. The van der Waals surface area contributed by atoms with Crippen molar-refractivity contribution in [2.24, 2.45) is 0 Å². The molecule has 0 saturated carbocycles. The summed E-state index contributed by atoms with van der Waals surface area (Å²) in [5, 5.41) is 24.1. The summed E-state index contributed by atoms with van der Waals surface area (Å²) < 4.78 is 0. The van der Waals surface area contributed by atoms with E-state index in [1.807, 2.05) is 0 Å². The first-order chi connectivity index (χ1) is 10.5. The number of nitrogens with zero attached hydrogens (tertiary/aromatic N) is 2. The molecular weight excluding hydrogens is 290 g/mol. The number of carbonyl (C=O) groups excluding carboxylic acids is 1. The van der Waals surface area contributed by atoms with Gasteiger partial charge in [0.25, 0.3) is 11.4 Å². The van der Waals surface area contributed by atoms with Crippen LogP contribution < -0.4 is 5.32 Å². The van der Waals surface area contributed by atoms with Gasteiger partial charge < -0.3 is 5.32 Å². The molecule has 112 valence electrons. The largest absolute Gasteiger partial charge is 0.377 e. The molecule has 0 radical (unpaired) electrons. The van der Waals surface area contributed by atoms with Crippen LogP contribution in [0.1, 0.15) is 10.4 Å². The number of nitrogens with one attached hydrogen (secondary N) is 1. The van der Waals surface area contributed by atoms with Gasteiger partial charge in [-0.2, -0.15) is 0 Å². The first-order valence-corrected chi connectivity index (χ1v) is 6.23. The van der Waals surface area contributed by atoms with Crippen molar-refractivity contribution in [3.63, 3.8) is 0 Å². The summed E-state index contributed by atoms with van der Waals surface area (Å²) in [6.45, 7) is -0.123. The fourth-order valence-electron chi connectivity index (χ4n) is 1.81. The number of hydrogen-bond acceptors (Lipinski definition) is 6. The summed E-state index contributed by atoms with van der Waals surface area (Å²) in [6, 6.07) is 11.1. The summed E-state index contributed by atoms with van der Waals surface area (Å²) >= 11 is 0. The molecule has 0 bridgehead atoms. The molecule has 8 nitrogen and oxygen atoms in total. The highest BCUT2D eigenvalue weighted by Crippen LogP contribution is 2.17. The van der Waals surface area contributed by atoms with E-state index in [0.29, 0.717) is 5.69 Å². The van der Waals surface area contributed by atoms with E-state index in [0.717, 1.165) is 0 Å². The molecule has 0 amide bonds. The normalized spacial score (nSPS) is 10.0. The van der Waals surface area contributed by atoms with Crippen molar-refractivity contribution in [1.29, 1.82) is 0 Å². The fourth-order valence-corrected chi connectivity index (χ4v) is 1.81. The molecule has 2 aromatic carbocycles. The van der Waals surface area contributed by atoms with E-state index in [1.54, 1.807) is 6.07 Å². The quantitative estimate of drug-likeness (QED) is 0.498. The summed E-state index contributed by atoms with van der Waals surface area (Å²) in [5.74, 6) is -0.352. The Hall–Kier alpha value is -3.29.